The highest BCUT2D eigenvalue weighted by Gasteiger charge is 2.10. The molecule has 1 unspecified atom stereocenters. The summed E-state index contributed by atoms with van der Waals surface area (Å²) < 4.78 is 0. The van der Waals surface area contributed by atoms with E-state index >= 15 is 0 Å². The maximum absolute atomic E-state index is 5.58. The van der Waals surface area contributed by atoms with Crippen molar-refractivity contribution in [2.45, 2.75) is 46.1 Å². The van der Waals surface area contributed by atoms with E-state index in [-0.39, 0.29) is 6.04 Å². The number of hydrogen-bond donors (Lipinski definition) is 2. The fourth-order valence-electron chi connectivity index (χ4n) is 1.80. The van der Waals surface area contributed by atoms with Crippen LogP contribution in [0.5, 0.6) is 0 Å². The number of pyridine rings is 1. The summed E-state index contributed by atoms with van der Waals surface area (Å²) >= 11 is 0. The topological polar surface area (TPSA) is 50.9 Å². The Hall–Kier alpha value is -0.930. The number of hydrazine groups is 1. The average molecular weight is 221 g/mol. The van der Waals surface area contributed by atoms with Crippen LogP contribution in [0.1, 0.15) is 50.4 Å². The van der Waals surface area contributed by atoms with Crippen LogP contribution in [0.2, 0.25) is 0 Å². The average Bonchev–Trinajstić information content (AvgIpc) is 2.24. The predicted molar refractivity (Wildman–Crippen MR) is 67.7 cm³/mol. The Morgan fingerprint density at radius 1 is 1.38 bits per heavy atom. The molecule has 0 fully saturated rings. The first-order valence-electron chi connectivity index (χ1n) is 6.02. The van der Waals surface area contributed by atoms with E-state index in [1.807, 2.05) is 12.3 Å². The smallest absolute Gasteiger partial charge is 0.0632 e. The number of aromatic nitrogens is 1. The molecular weight excluding hydrogens is 198 g/mol. The molecule has 0 aromatic carbocycles. The third-order valence-corrected chi connectivity index (χ3v) is 2.77. The van der Waals surface area contributed by atoms with Gasteiger partial charge in [0, 0.05) is 6.20 Å². The summed E-state index contributed by atoms with van der Waals surface area (Å²) in [5.74, 6) is 6.34. The Bertz CT molecular complexity index is 310. The molecule has 1 heterocycles. The highest BCUT2D eigenvalue weighted by molar-refractivity contribution is 5.17. The molecule has 0 aliphatic carbocycles. The molecule has 3 heteroatoms. The largest absolute Gasteiger partial charge is 0.271 e. The lowest BCUT2D eigenvalue weighted by atomic mass is 10.0. The standard InChI is InChI=1S/C13H23N3/c1-10(2)5-4-6-12(16-14)13-9-11(3)7-8-15-13/h7-10,12,16H,4-6,14H2,1-3H3. The summed E-state index contributed by atoms with van der Waals surface area (Å²) in [7, 11) is 0. The summed E-state index contributed by atoms with van der Waals surface area (Å²) in [4.78, 5) is 4.37. The van der Waals surface area contributed by atoms with E-state index in [1.54, 1.807) is 0 Å². The van der Waals surface area contributed by atoms with E-state index in [0.29, 0.717) is 0 Å². The second-order valence-corrected chi connectivity index (χ2v) is 4.80. The van der Waals surface area contributed by atoms with Crippen LogP contribution >= 0.6 is 0 Å². The Labute approximate surface area is 98.4 Å². The minimum atomic E-state index is 0.179. The molecule has 0 bridgehead atoms. The van der Waals surface area contributed by atoms with Crippen LogP contribution in [0.4, 0.5) is 0 Å². The zero-order valence-electron chi connectivity index (χ0n) is 10.5. The molecule has 1 aromatic heterocycles. The molecule has 0 aliphatic heterocycles. The number of nitrogens with zero attached hydrogens (tertiary/aromatic N) is 1. The number of rotatable bonds is 6. The van der Waals surface area contributed by atoms with Crippen molar-refractivity contribution in [2.24, 2.45) is 11.8 Å². The molecule has 0 amide bonds. The van der Waals surface area contributed by atoms with Crippen molar-refractivity contribution in [2.75, 3.05) is 0 Å². The third kappa shape index (κ3) is 4.29. The van der Waals surface area contributed by atoms with Gasteiger partial charge < -0.3 is 0 Å². The Morgan fingerprint density at radius 2 is 2.12 bits per heavy atom. The maximum atomic E-state index is 5.58. The monoisotopic (exact) mass is 221 g/mol. The fraction of sp³-hybridized carbons (Fsp3) is 0.615. The zero-order chi connectivity index (χ0) is 12.0. The molecule has 1 atom stereocenters. The van der Waals surface area contributed by atoms with Gasteiger partial charge in [0.2, 0.25) is 0 Å². The Morgan fingerprint density at radius 3 is 2.69 bits per heavy atom. The minimum absolute atomic E-state index is 0.179. The van der Waals surface area contributed by atoms with Crippen LogP contribution < -0.4 is 11.3 Å². The van der Waals surface area contributed by atoms with Gasteiger partial charge in [-0.1, -0.05) is 26.7 Å². The summed E-state index contributed by atoms with van der Waals surface area (Å²) in [6.45, 7) is 6.57. The van der Waals surface area contributed by atoms with Crippen LogP contribution in [-0.4, -0.2) is 4.98 Å². The van der Waals surface area contributed by atoms with Gasteiger partial charge in [-0.3, -0.25) is 16.3 Å². The molecule has 16 heavy (non-hydrogen) atoms. The third-order valence-electron chi connectivity index (χ3n) is 2.77. The lowest BCUT2D eigenvalue weighted by Gasteiger charge is -2.16. The lowest BCUT2D eigenvalue weighted by Crippen LogP contribution is -2.28. The molecule has 0 aliphatic rings. The number of aryl methyl sites for hydroxylation is 1. The molecule has 90 valence electrons. The van der Waals surface area contributed by atoms with Crippen molar-refractivity contribution >= 4 is 0 Å². The van der Waals surface area contributed by atoms with Gasteiger partial charge in [0.1, 0.15) is 0 Å². The van der Waals surface area contributed by atoms with E-state index in [0.717, 1.165) is 18.0 Å². The summed E-state index contributed by atoms with van der Waals surface area (Å²) in [5, 5.41) is 0. The highest BCUT2D eigenvalue weighted by atomic mass is 15.2. The lowest BCUT2D eigenvalue weighted by molar-refractivity contribution is 0.448. The van der Waals surface area contributed by atoms with Crippen molar-refractivity contribution in [1.82, 2.24) is 10.4 Å². The van der Waals surface area contributed by atoms with Crippen molar-refractivity contribution < 1.29 is 0 Å². The molecule has 1 rings (SSSR count). The molecular formula is C13H23N3. The van der Waals surface area contributed by atoms with Crippen LogP contribution in [0.15, 0.2) is 18.3 Å². The second kappa shape index (κ2) is 6.61. The van der Waals surface area contributed by atoms with Gasteiger partial charge in [-0.2, -0.15) is 0 Å². The van der Waals surface area contributed by atoms with E-state index < -0.39 is 0 Å². The van der Waals surface area contributed by atoms with Gasteiger partial charge in [-0.25, -0.2) is 0 Å². The van der Waals surface area contributed by atoms with E-state index in [9.17, 15) is 0 Å². The fourth-order valence-corrected chi connectivity index (χ4v) is 1.80. The van der Waals surface area contributed by atoms with Crippen molar-refractivity contribution in [3.05, 3.63) is 29.6 Å². The van der Waals surface area contributed by atoms with E-state index in [4.69, 9.17) is 5.84 Å². The van der Waals surface area contributed by atoms with Crippen LogP contribution in [0.3, 0.4) is 0 Å². The first-order chi connectivity index (χ1) is 7.63. The number of nitrogens with two attached hydrogens (primary N) is 1. The summed E-state index contributed by atoms with van der Waals surface area (Å²) in [6.07, 6.45) is 5.31. The van der Waals surface area contributed by atoms with Crippen molar-refractivity contribution in [1.29, 1.82) is 0 Å². The molecule has 0 radical (unpaired) electrons. The van der Waals surface area contributed by atoms with Crippen molar-refractivity contribution in [3.63, 3.8) is 0 Å². The van der Waals surface area contributed by atoms with E-state index in [2.05, 4.69) is 37.2 Å². The summed E-state index contributed by atoms with van der Waals surface area (Å²) in [6, 6.07) is 4.28. The van der Waals surface area contributed by atoms with Gasteiger partial charge in [0.05, 0.1) is 11.7 Å². The van der Waals surface area contributed by atoms with Gasteiger partial charge in [-0.05, 0) is 37.0 Å². The van der Waals surface area contributed by atoms with Gasteiger partial charge in [-0.15, -0.1) is 0 Å². The molecule has 0 saturated carbocycles. The van der Waals surface area contributed by atoms with Gasteiger partial charge in [0.15, 0.2) is 0 Å². The first-order valence-corrected chi connectivity index (χ1v) is 6.02. The number of hydrogen-bond acceptors (Lipinski definition) is 3. The maximum Gasteiger partial charge on any atom is 0.0632 e. The summed E-state index contributed by atoms with van der Waals surface area (Å²) in [5.41, 5.74) is 5.13. The first kappa shape index (κ1) is 13.1. The van der Waals surface area contributed by atoms with Crippen molar-refractivity contribution in [3.8, 4) is 0 Å². The quantitative estimate of drug-likeness (QED) is 0.573. The minimum Gasteiger partial charge on any atom is -0.271 e. The Kier molecular flexibility index (Phi) is 5.43. The van der Waals surface area contributed by atoms with E-state index in [1.165, 1.54) is 18.4 Å². The predicted octanol–water partition coefficient (Wildman–Crippen LogP) is 2.72. The van der Waals surface area contributed by atoms with Gasteiger partial charge >= 0.3 is 0 Å². The molecule has 0 spiro atoms. The highest BCUT2D eigenvalue weighted by Crippen LogP contribution is 2.18. The zero-order valence-corrected chi connectivity index (χ0v) is 10.5. The number of nitrogens with one attached hydrogen (secondary N) is 1. The van der Waals surface area contributed by atoms with Crippen LogP contribution in [0, 0.1) is 12.8 Å². The normalized spacial score (nSPS) is 13.1. The molecule has 0 saturated heterocycles. The van der Waals surface area contributed by atoms with Crippen LogP contribution in [0.25, 0.3) is 0 Å². The van der Waals surface area contributed by atoms with Gasteiger partial charge in [0.25, 0.3) is 0 Å². The second-order valence-electron chi connectivity index (χ2n) is 4.80. The molecule has 3 N–H and O–H groups in total. The Balaban J connectivity index is 2.53. The van der Waals surface area contributed by atoms with Crippen LogP contribution in [-0.2, 0) is 0 Å². The molecule has 3 nitrogen and oxygen atoms in total. The SMILES string of the molecule is Cc1ccnc(C(CCCC(C)C)NN)c1. The molecule has 1 aromatic rings.